The van der Waals surface area contributed by atoms with E-state index in [-0.39, 0.29) is 55.8 Å². The molecular weight excluding hydrogens is 881 g/mol. The van der Waals surface area contributed by atoms with E-state index in [0.717, 1.165) is 15.5 Å². The number of benzene rings is 2. The van der Waals surface area contributed by atoms with Gasteiger partial charge in [0.1, 0.15) is 32.0 Å². The molecule has 21 heteroatoms. The van der Waals surface area contributed by atoms with Crippen LogP contribution in [0.1, 0.15) is 69.9 Å². The Bertz CT molecular complexity index is 2470. The highest BCUT2D eigenvalue weighted by Gasteiger charge is 2.51. The summed E-state index contributed by atoms with van der Waals surface area (Å²) in [5, 5.41) is 2.74. The number of quaternary nitrogens is 1. The lowest BCUT2D eigenvalue weighted by Crippen LogP contribution is -3.10. The molecule has 0 saturated heterocycles. The summed E-state index contributed by atoms with van der Waals surface area (Å²) in [5.41, 5.74) is 1.24. The zero-order chi connectivity index (χ0) is 46.4. The quantitative estimate of drug-likeness (QED) is 0.0908. The number of amides is 3. The van der Waals surface area contributed by atoms with Crippen LogP contribution in [0.4, 0.5) is 11.4 Å². The van der Waals surface area contributed by atoms with Crippen LogP contribution in [0.5, 0.6) is 0 Å². The Kier molecular flexibility index (Phi) is 16.0. The van der Waals surface area contributed by atoms with Crippen LogP contribution in [0.3, 0.4) is 0 Å². The molecule has 63 heavy (non-hydrogen) atoms. The van der Waals surface area contributed by atoms with Gasteiger partial charge in [0.25, 0.3) is 11.8 Å². The molecule has 0 aromatic heterocycles. The van der Waals surface area contributed by atoms with E-state index in [1.165, 1.54) is 49.6 Å². The highest BCUT2D eigenvalue weighted by atomic mass is 32.2. The number of allylic oxidation sites excluding steroid dienone is 3. The number of methoxy groups -OCH3 is 2. The standard InChI is InChI=1S/C42H56N4O14S3/c1-41(19-9-27-61(50,51)52)32-28-30(62(53,54)55)14-16-35(32)45(24-26-60-4)36(41)10-8-11-37-42(2,20-25-59-3)33-29-31(63(56,57)58)13-15-34(33)44(37)22-7-5-6-12-38(47)43-21-23-46-39(48)17-18-40(46)49/h8,10-11,13-18,28-29,37H,5-7,9,12,19-27H2,1-4H3,(H,43,47)(H,50,51,52)(H,53,54,55)(H,56,57,58)/p-2/b11-8+,36-10+. The van der Waals surface area contributed by atoms with E-state index in [9.17, 15) is 53.3 Å². The number of nitrogens with one attached hydrogen (secondary N) is 2. The highest BCUT2D eigenvalue weighted by molar-refractivity contribution is 7.86. The summed E-state index contributed by atoms with van der Waals surface area (Å²) in [6.45, 7) is 5.31. The van der Waals surface area contributed by atoms with Crippen LogP contribution in [0, 0.1) is 0 Å². The molecule has 2 N–H and O–H groups in total. The minimum absolute atomic E-state index is 0.0622. The van der Waals surface area contributed by atoms with Crippen molar-refractivity contribution in [3.05, 3.63) is 83.6 Å². The van der Waals surface area contributed by atoms with Crippen molar-refractivity contribution in [3.63, 3.8) is 0 Å². The first kappa shape index (κ1) is 49.7. The second-order valence-electron chi connectivity index (χ2n) is 16.3. The Balaban J connectivity index is 1.47. The first-order valence-corrected chi connectivity index (χ1v) is 24.9. The van der Waals surface area contributed by atoms with Crippen molar-refractivity contribution in [2.24, 2.45) is 0 Å². The highest BCUT2D eigenvalue weighted by Crippen LogP contribution is 2.51. The second-order valence-corrected chi connectivity index (χ2v) is 20.6. The van der Waals surface area contributed by atoms with E-state index in [4.69, 9.17) is 9.47 Å². The first-order valence-electron chi connectivity index (χ1n) is 20.5. The number of imide groups is 1. The normalized spacial score (nSPS) is 23.1. The Morgan fingerprint density at radius 1 is 0.810 bits per heavy atom. The van der Waals surface area contributed by atoms with Gasteiger partial charge in [-0.3, -0.25) is 24.2 Å². The molecule has 0 bridgehead atoms. The van der Waals surface area contributed by atoms with Crippen molar-refractivity contribution in [3.8, 4) is 0 Å². The molecule has 4 atom stereocenters. The number of hydrogen-bond donors (Lipinski definition) is 2. The Morgan fingerprint density at radius 2 is 1.44 bits per heavy atom. The first-order chi connectivity index (χ1) is 29.5. The van der Waals surface area contributed by atoms with E-state index in [2.05, 4.69) is 5.32 Å². The lowest BCUT2D eigenvalue weighted by atomic mass is 9.75. The van der Waals surface area contributed by atoms with Crippen LogP contribution < -0.4 is 15.1 Å². The predicted molar refractivity (Wildman–Crippen MR) is 227 cm³/mol. The molecule has 2 aromatic rings. The monoisotopic (exact) mass is 934 g/mol. The third-order valence-corrected chi connectivity index (χ3v) is 14.6. The predicted octanol–water partition coefficient (Wildman–Crippen LogP) is 1.48. The third kappa shape index (κ3) is 11.7. The van der Waals surface area contributed by atoms with Crippen molar-refractivity contribution in [1.29, 1.82) is 0 Å². The van der Waals surface area contributed by atoms with E-state index in [1.54, 1.807) is 20.1 Å². The van der Waals surface area contributed by atoms with E-state index < -0.39 is 63.6 Å². The van der Waals surface area contributed by atoms with Gasteiger partial charge in [0.15, 0.2) is 0 Å². The number of unbranched alkanes of at least 4 members (excludes halogenated alkanes) is 2. The molecule has 3 aliphatic rings. The molecule has 5 rings (SSSR count). The SMILES string of the molecule is COCCN1/C(=C/C=C/C2[NH+](CCCCCC(=O)NCCN3C(=O)C=CC3=O)c3ccc(S(=O)(=O)[O-])cc3C2(C)CCOC)C(C)(CCCS(=O)(=O)[O-])c2cc(S(=O)(=O)[O-])ccc21. The third-order valence-electron chi connectivity index (χ3n) is 12.2. The summed E-state index contributed by atoms with van der Waals surface area (Å²) in [7, 11) is -11.2. The average molecular weight is 935 g/mol. The smallest absolute Gasteiger partial charge is 0.253 e. The molecule has 2 aromatic carbocycles. The second kappa shape index (κ2) is 20.2. The summed E-state index contributed by atoms with van der Waals surface area (Å²) < 4.78 is 119. The largest absolute Gasteiger partial charge is 0.748 e. The van der Waals surface area contributed by atoms with Crippen LogP contribution in [0.2, 0.25) is 0 Å². The average Bonchev–Trinajstić information content (AvgIpc) is 3.74. The summed E-state index contributed by atoms with van der Waals surface area (Å²) in [6.07, 6.45) is 10.5. The van der Waals surface area contributed by atoms with Crippen LogP contribution in [0.25, 0.3) is 0 Å². The molecule has 18 nitrogen and oxygen atoms in total. The minimum Gasteiger partial charge on any atom is -0.748 e. The lowest BCUT2D eigenvalue weighted by molar-refractivity contribution is -0.851. The molecule has 3 aliphatic heterocycles. The van der Waals surface area contributed by atoms with Crippen LogP contribution in [0.15, 0.2) is 82.3 Å². The van der Waals surface area contributed by atoms with Crippen LogP contribution in [-0.4, -0.2) is 127 Å². The maximum absolute atomic E-state index is 12.6. The molecule has 0 aliphatic carbocycles. The fraction of sp³-hybridized carbons (Fsp3) is 0.500. The zero-order valence-electron chi connectivity index (χ0n) is 35.7. The molecule has 3 amide bonds. The van der Waals surface area contributed by atoms with Gasteiger partial charge in [-0.15, -0.1) is 0 Å². The number of anilines is 1. The summed E-state index contributed by atoms with van der Waals surface area (Å²) >= 11 is 0. The maximum Gasteiger partial charge on any atom is 0.253 e. The van der Waals surface area contributed by atoms with Gasteiger partial charge in [-0.25, -0.2) is 25.3 Å². The summed E-state index contributed by atoms with van der Waals surface area (Å²) in [5.74, 6) is -1.75. The number of carbonyl (C=O) groups is 3. The molecule has 346 valence electrons. The topological polar surface area (TPSA) is 264 Å². The number of carbonyl (C=O) groups excluding carboxylic acids is 3. The number of hydrogen-bond acceptors (Lipinski definition) is 15. The van der Waals surface area contributed by atoms with Crippen molar-refractivity contribution < 1.29 is 67.7 Å². The summed E-state index contributed by atoms with van der Waals surface area (Å²) in [6, 6.07) is 8.01. The Morgan fingerprint density at radius 3 is 2.06 bits per heavy atom. The van der Waals surface area contributed by atoms with Crippen molar-refractivity contribution >= 4 is 59.5 Å². The Labute approximate surface area is 369 Å². The van der Waals surface area contributed by atoms with Gasteiger partial charge in [-0.2, -0.15) is 0 Å². The van der Waals surface area contributed by atoms with Gasteiger partial charge < -0.3 is 33.3 Å². The van der Waals surface area contributed by atoms with Gasteiger partial charge in [-0.1, -0.05) is 6.08 Å². The lowest BCUT2D eigenvalue weighted by Gasteiger charge is -2.32. The zero-order valence-corrected chi connectivity index (χ0v) is 38.1. The summed E-state index contributed by atoms with van der Waals surface area (Å²) in [4.78, 5) is 39.2. The van der Waals surface area contributed by atoms with Gasteiger partial charge >= 0.3 is 0 Å². The fourth-order valence-electron chi connectivity index (χ4n) is 8.93. The number of fused-ring (bicyclic) bond motifs is 2. The molecular formula is C42H54N4O14S3-2. The molecule has 0 spiro atoms. The van der Waals surface area contributed by atoms with Crippen LogP contribution >= 0.6 is 0 Å². The molecule has 0 saturated carbocycles. The maximum atomic E-state index is 12.6. The minimum atomic E-state index is -4.88. The van der Waals surface area contributed by atoms with Gasteiger partial charge in [0.2, 0.25) is 5.91 Å². The van der Waals surface area contributed by atoms with Gasteiger partial charge in [0.05, 0.1) is 38.5 Å². The molecule has 4 unspecified atom stereocenters. The van der Waals surface area contributed by atoms with E-state index in [0.29, 0.717) is 67.9 Å². The molecule has 0 radical (unpaired) electrons. The number of ether oxygens (including phenoxy) is 2. The van der Waals surface area contributed by atoms with Gasteiger partial charge in [-0.05, 0) is 100 Å². The number of nitrogens with zero attached hydrogens (tertiary/aromatic N) is 2. The van der Waals surface area contributed by atoms with E-state index in [1.807, 2.05) is 30.1 Å². The van der Waals surface area contributed by atoms with Crippen molar-refractivity contribution in [2.75, 3.05) is 64.3 Å². The van der Waals surface area contributed by atoms with E-state index >= 15 is 0 Å². The van der Waals surface area contributed by atoms with Crippen molar-refractivity contribution in [1.82, 2.24) is 10.2 Å². The van der Waals surface area contributed by atoms with Crippen molar-refractivity contribution in [2.45, 2.75) is 85.5 Å². The Hall–Kier alpha value is -4.32. The van der Waals surface area contributed by atoms with Crippen LogP contribution in [-0.2, 0) is 65.0 Å². The molecule has 3 heterocycles. The fourth-order valence-corrected chi connectivity index (χ4v) is 10.4. The molecule has 0 fully saturated rings. The number of rotatable bonds is 23. The van der Waals surface area contributed by atoms with Gasteiger partial charge in [0, 0.05) is 93.2 Å².